The van der Waals surface area contributed by atoms with Crippen molar-refractivity contribution in [2.75, 3.05) is 31.7 Å². The third-order valence-corrected chi connectivity index (χ3v) is 7.20. The number of phosphoric acid groups is 1. The minimum absolute atomic E-state index is 0.0137. The lowest BCUT2D eigenvalue weighted by molar-refractivity contribution is -0.122. The van der Waals surface area contributed by atoms with Crippen molar-refractivity contribution in [2.24, 2.45) is 0 Å². The summed E-state index contributed by atoms with van der Waals surface area (Å²) in [5, 5.41) is 3.34. The van der Waals surface area contributed by atoms with Gasteiger partial charge in [0.1, 0.15) is 0 Å². The zero-order valence-corrected chi connectivity index (χ0v) is 24.9. The minimum atomic E-state index is -4.13. The van der Waals surface area contributed by atoms with Crippen molar-refractivity contribution in [3.63, 3.8) is 0 Å². The van der Waals surface area contributed by atoms with Gasteiger partial charge in [0, 0.05) is 24.9 Å². The Kier molecular flexibility index (Phi) is 25.7. The van der Waals surface area contributed by atoms with Gasteiger partial charge in [-0.2, -0.15) is 0 Å². The lowest BCUT2D eigenvalue weighted by Crippen LogP contribution is -2.36. The zero-order valence-electron chi connectivity index (χ0n) is 22.4. The summed E-state index contributed by atoms with van der Waals surface area (Å²) in [6.07, 6.45) is 19.2. The molecule has 35 heavy (non-hydrogen) atoms. The summed E-state index contributed by atoms with van der Waals surface area (Å²) in [7, 11) is -4.13. The molecular weight excluding hydrogens is 533 g/mol. The third kappa shape index (κ3) is 25.5. The number of carbonyl (C=O) groups is 1. The predicted octanol–water partition coefficient (Wildman–Crippen LogP) is 7.69. The van der Waals surface area contributed by atoms with E-state index in [1.54, 1.807) is 0 Å². The number of ether oxygens (including phenoxy) is 1. The van der Waals surface area contributed by atoms with Gasteiger partial charge in [-0.25, -0.2) is 4.57 Å². The van der Waals surface area contributed by atoms with Crippen LogP contribution in [0, 0.1) is 0 Å². The second kappa shape index (κ2) is 25.7. The van der Waals surface area contributed by atoms with Gasteiger partial charge in [0.25, 0.3) is 0 Å². The Morgan fingerprint density at radius 2 is 1.31 bits per heavy atom. The van der Waals surface area contributed by atoms with Crippen LogP contribution in [-0.4, -0.2) is 48.6 Å². The van der Waals surface area contributed by atoms with Gasteiger partial charge in [0.15, 0.2) is 0 Å². The van der Waals surface area contributed by atoms with Crippen molar-refractivity contribution in [3.8, 4) is 0 Å². The Hall–Kier alpha value is 0.0200. The highest BCUT2D eigenvalue weighted by atomic mass is 79.9. The van der Waals surface area contributed by atoms with Crippen molar-refractivity contribution in [1.82, 2.24) is 5.32 Å². The molecule has 0 aliphatic rings. The summed E-state index contributed by atoms with van der Waals surface area (Å²) in [5.41, 5.74) is 0. The molecule has 0 saturated heterocycles. The highest BCUT2D eigenvalue weighted by Crippen LogP contribution is 2.43. The summed E-state index contributed by atoms with van der Waals surface area (Å²) < 4.78 is 27.8. The van der Waals surface area contributed by atoms with Crippen molar-refractivity contribution < 1.29 is 28.0 Å². The molecule has 0 aromatic heterocycles. The first-order valence-corrected chi connectivity index (χ1v) is 16.6. The maximum Gasteiger partial charge on any atom is 0.472 e. The van der Waals surface area contributed by atoms with Crippen LogP contribution in [0.25, 0.3) is 0 Å². The van der Waals surface area contributed by atoms with Gasteiger partial charge in [-0.05, 0) is 12.8 Å². The number of halogens is 1. The van der Waals surface area contributed by atoms with E-state index in [9.17, 15) is 14.3 Å². The molecule has 0 aliphatic carbocycles. The van der Waals surface area contributed by atoms with E-state index >= 15 is 0 Å². The Morgan fingerprint density at radius 3 is 1.86 bits per heavy atom. The van der Waals surface area contributed by atoms with Crippen LogP contribution >= 0.6 is 23.8 Å². The molecule has 0 bridgehead atoms. The first-order valence-electron chi connectivity index (χ1n) is 14.0. The van der Waals surface area contributed by atoms with Crippen LogP contribution in [0.1, 0.15) is 123 Å². The molecule has 2 N–H and O–H groups in total. The van der Waals surface area contributed by atoms with Crippen LogP contribution in [0.4, 0.5) is 0 Å². The summed E-state index contributed by atoms with van der Waals surface area (Å²) in [5.74, 6) is -0.0137. The number of unbranched alkanes of at least 4 members (excludes halogenated alkanes) is 14. The monoisotopic (exact) mass is 585 g/mol. The van der Waals surface area contributed by atoms with Gasteiger partial charge < -0.3 is 14.9 Å². The van der Waals surface area contributed by atoms with Crippen molar-refractivity contribution in [2.45, 2.75) is 129 Å². The van der Waals surface area contributed by atoms with E-state index in [1.165, 1.54) is 77.0 Å². The second-order valence-corrected chi connectivity index (χ2v) is 11.5. The van der Waals surface area contributed by atoms with Crippen LogP contribution in [0.5, 0.6) is 0 Å². The fourth-order valence-corrected chi connectivity index (χ4v) is 4.92. The van der Waals surface area contributed by atoms with Gasteiger partial charge in [-0.15, -0.1) is 0 Å². The summed E-state index contributed by atoms with van der Waals surface area (Å²) >= 11 is 3.15. The quantitative estimate of drug-likeness (QED) is 0.0582. The average Bonchev–Trinajstić information content (AvgIpc) is 2.84. The van der Waals surface area contributed by atoms with Crippen LogP contribution in [0.2, 0.25) is 0 Å². The fraction of sp³-hybridized carbons (Fsp3) is 0.962. The number of rotatable bonds is 27. The number of amides is 1. The number of phosphoric ester groups is 1. The second-order valence-electron chi connectivity index (χ2n) is 9.28. The number of hydrogen-bond donors (Lipinski definition) is 2. The normalized spacial score (nSPS) is 14.1. The lowest BCUT2D eigenvalue weighted by Gasteiger charge is -2.20. The van der Waals surface area contributed by atoms with Gasteiger partial charge in [0.05, 0.1) is 19.3 Å². The first-order chi connectivity index (χ1) is 16.9. The van der Waals surface area contributed by atoms with Gasteiger partial charge in [0.2, 0.25) is 5.91 Å². The standard InChI is InChI=1S/C26H53BrNO6P/c1-3-5-7-9-11-12-13-15-17-19-26(29)28-23-25(24-34-35(30,31)33-22-20-27)32-21-18-16-14-10-8-6-4-2/h25H,3-24H2,1-2H3,(H,28,29)(H,30,31). The largest absolute Gasteiger partial charge is 0.472 e. The van der Waals surface area contributed by atoms with E-state index in [0.29, 0.717) is 18.4 Å². The molecule has 210 valence electrons. The van der Waals surface area contributed by atoms with Gasteiger partial charge in [-0.1, -0.05) is 120 Å². The third-order valence-electron chi connectivity index (χ3n) is 5.89. The molecule has 7 nitrogen and oxygen atoms in total. The number of hydrogen-bond acceptors (Lipinski definition) is 5. The van der Waals surface area contributed by atoms with Crippen molar-refractivity contribution in [1.29, 1.82) is 0 Å². The van der Waals surface area contributed by atoms with Crippen molar-refractivity contribution in [3.05, 3.63) is 0 Å². The fourth-order valence-electron chi connectivity index (χ4n) is 3.75. The molecule has 0 aromatic carbocycles. The maximum atomic E-state index is 12.3. The van der Waals surface area contributed by atoms with Gasteiger partial charge >= 0.3 is 7.82 Å². The molecule has 0 radical (unpaired) electrons. The minimum Gasteiger partial charge on any atom is -0.374 e. The molecule has 1 amide bonds. The Labute approximate surface area is 223 Å². The summed E-state index contributed by atoms with van der Waals surface area (Å²) in [6, 6.07) is 0. The molecule has 0 rings (SSSR count). The molecule has 0 heterocycles. The topological polar surface area (TPSA) is 94.1 Å². The van der Waals surface area contributed by atoms with E-state index in [0.717, 1.165) is 25.7 Å². The average molecular weight is 587 g/mol. The van der Waals surface area contributed by atoms with Crippen LogP contribution in [-0.2, 0) is 23.1 Å². The van der Waals surface area contributed by atoms with Gasteiger partial charge in [-0.3, -0.25) is 13.8 Å². The highest BCUT2D eigenvalue weighted by molar-refractivity contribution is 9.09. The van der Waals surface area contributed by atoms with Crippen molar-refractivity contribution >= 4 is 29.7 Å². The first kappa shape index (κ1) is 35.0. The SMILES string of the molecule is CCCCCCCCCCCC(=O)NCC(COP(=O)(O)OCCBr)OCCCCCCCCC. The van der Waals surface area contributed by atoms with Crippen LogP contribution < -0.4 is 5.32 Å². The van der Waals surface area contributed by atoms with E-state index in [1.807, 2.05) is 0 Å². The zero-order chi connectivity index (χ0) is 26.0. The molecule has 0 saturated carbocycles. The molecule has 2 atom stereocenters. The number of carbonyl (C=O) groups excluding carboxylic acids is 1. The van der Waals surface area contributed by atoms with E-state index in [4.69, 9.17) is 13.8 Å². The number of alkyl halides is 1. The number of nitrogens with one attached hydrogen (secondary N) is 1. The maximum absolute atomic E-state index is 12.3. The Morgan fingerprint density at radius 1 is 0.800 bits per heavy atom. The lowest BCUT2D eigenvalue weighted by atomic mass is 10.1. The highest BCUT2D eigenvalue weighted by Gasteiger charge is 2.23. The molecule has 9 heteroatoms. The molecule has 2 unspecified atom stereocenters. The predicted molar refractivity (Wildman–Crippen MR) is 148 cm³/mol. The molecule has 0 fully saturated rings. The molecular formula is C26H53BrNO6P. The Bertz CT molecular complexity index is 526. The van der Waals surface area contributed by atoms with E-state index in [-0.39, 0.29) is 25.7 Å². The molecule has 0 aliphatic heterocycles. The smallest absolute Gasteiger partial charge is 0.374 e. The molecule has 0 aromatic rings. The summed E-state index contributed by atoms with van der Waals surface area (Å²) in [6.45, 7) is 5.20. The Balaban J connectivity index is 4.18. The van der Waals surface area contributed by atoms with Crippen LogP contribution in [0.3, 0.4) is 0 Å². The molecule has 0 spiro atoms. The van der Waals surface area contributed by atoms with Crippen LogP contribution in [0.15, 0.2) is 0 Å². The van der Waals surface area contributed by atoms with E-state index < -0.39 is 13.9 Å². The summed E-state index contributed by atoms with van der Waals surface area (Å²) in [4.78, 5) is 22.0. The van der Waals surface area contributed by atoms with E-state index in [2.05, 4.69) is 35.1 Å².